The fourth-order valence-corrected chi connectivity index (χ4v) is 6.75. The molecule has 1 aromatic carbocycles. The monoisotopic (exact) mass is 446 g/mol. The summed E-state index contributed by atoms with van der Waals surface area (Å²) >= 11 is 1.35. The van der Waals surface area contributed by atoms with Gasteiger partial charge in [0.05, 0.1) is 15.9 Å². The van der Waals surface area contributed by atoms with E-state index < -0.39 is 9.84 Å². The summed E-state index contributed by atoms with van der Waals surface area (Å²) in [4.78, 5) is 6.30. The van der Waals surface area contributed by atoms with Crippen LogP contribution in [-0.2, 0) is 33.0 Å². The molecule has 1 aliphatic heterocycles. The molecule has 0 aliphatic carbocycles. The van der Waals surface area contributed by atoms with Gasteiger partial charge in [0.2, 0.25) is 9.84 Å². The summed E-state index contributed by atoms with van der Waals surface area (Å²) in [6, 6.07) is 9.02. The maximum Gasteiger partial charge on any atom is 0.216 e. The molecule has 7 heteroatoms. The summed E-state index contributed by atoms with van der Waals surface area (Å²) in [5, 5.41) is 0. The zero-order valence-corrected chi connectivity index (χ0v) is 19.8. The lowest BCUT2D eigenvalue weighted by Crippen LogP contribution is -2.25. The number of imidazole rings is 1. The molecule has 0 spiro atoms. The molecular weight excluding hydrogens is 416 g/mol. The van der Waals surface area contributed by atoms with Crippen LogP contribution >= 0.6 is 11.3 Å². The molecule has 0 unspecified atom stereocenters. The minimum atomic E-state index is -3.53. The Labute approximate surface area is 183 Å². The minimum absolute atomic E-state index is 0.132. The SMILES string of the molecule is CCc1ccc(S(=O)(=O)c2ccc3c(c2)nc(C(C)(C)C)n3CC2CCOCC2)s1. The van der Waals surface area contributed by atoms with Gasteiger partial charge >= 0.3 is 0 Å². The van der Waals surface area contributed by atoms with Crippen molar-refractivity contribution < 1.29 is 13.2 Å². The third-order valence-electron chi connectivity index (χ3n) is 5.73. The largest absolute Gasteiger partial charge is 0.381 e. The van der Waals surface area contributed by atoms with Crippen LogP contribution < -0.4 is 0 Å². The Morgan fingerprint density at radius 3 is 2.53 bits per heavy atom. The Bertz CT molecular complexity index is 1150. The summed E-state index contributed by atoms with van der Waals surface area (Å²) in [5.74, 6) is 1.56. The first-order valence-corrected chi connectivity index (χ1v) is 12.9. The number of fused-ring (bicyclic) bond motifs is 1. The molecule has 1 saturated heterocycles. The van der Waals surface area contributed by atoms with Crippen LogP contribution in [0.5, 0.6) is 0 Å². The van der Waals surface area contributed by atoms with Gasteiger partial charge in [-0.3, -0.25) is 0 Å². The van der Waals surface area contributed by atoms with Gasteiger partial charge in [0, 0.05) is 30.1 Å². The number of nitrogens with zero attached hydrogens (tertiary/aromatic N) is 2. The molecule has 0 atom stereocenters. The summed E-state index contributed by atoms with van der Waals surface area (Å²) < 4.78 is 34.6. The van der Waals surface area contributed by atoms with Crippen molar-refractivity contribution in [3.63, 3.8) is 0 Å². The second-order valence-corrected chi connectivity index (χ2v) is 12.4. The Morgan fingerprint density at radius 1 is 1.17 bits per heavy atom. The Hall–Kier alpha value is -1.70. The van der Waals surface area contributed by atoms with Crippen LogP contribution in [0, 0.1) is 5.92 Å². The first kappa shape index (κ1) is 21.5. The fraction of sp³-hybridized carbons (Fsp3) is 0.522. The molecule has 5 nitrogen and oxygen atoms in total. The van der Waals surface area contributed by atoms with E-state index in [1.165, 1.54) is 11.3 Å². The predicted molar refractivity (Wildman–Crippen MR) is 121 cm³/mol. The molecule has 1 fully saturated rings. The molecule has 0 saturated carbocycles. The maximum absolute atomic E-state index is 13.2. The van der Waals surface area contributed by atoms with E-state index in [9.17, 15) is 8.42 Å². The van der Waals surface area contributed by atoms with Crippen molar-refractivity contribution in [2.24, 2.45) is 5.92 Å². The topological polar surface area (TPSA) is 61.2 Å². The van der Waals surface area contributed by atoms with Gasteiger partial charge in [-0.1, -0.05) is 27.7 Å². The molecule has 4 rings (SSSR count). The lowest BCUT2D eigenvalue weighted by Gasteiger charge is -2.26. The first-order valence-electron chi connectivity index (χ1n) is 10.6. The third-order valence-corrected chi connectivity index (χ3v) is 9.21. The van der Waals surface area contributed by atoms with Crippen molar-refractivity contribution in [2.45, 2.75) is 68.0 Å². The molecule has 1 aliphatic rings. The van der Waals surface area contributed by atoms with Gasteiger partial charge in [0.1, 0.15) is 10.0 Å². The van der Waals surface area contributed by atoms with Gasteiger partial charge in [-0.05, 0) is 55.5 Å². The molecule has 2 aromatic heterocycles. The second-order valence-electron chi connectivity index (χ2n) is 9.08. The summed E-state index contributed by atoms with van der Waals surface area (Å²) in [6.45, 7) is 11.0. The Kier molecular flexibility index (Phi) is 5.81. The number of thiophene rings is 1. The molecule has 0 radical (unpaired) electrons. The number of sulfone groups is 1. The van der Waals surface area contributed by atoms with Crippen molar-refractivity contribution >= 4 is 32.2 Å². The van der Waals surface area contributed by atoms with E-state index in [-0.39, 0.29) is 5.41 Å². The third kappa shape index (κ3) is 4.07. The van der Waals surface area contributed by atoms with E-state index in [0.717, 1.165) is 60.8 Å². The van der Waals surface area contributed by atoms with Crippen LogP contribution in [0.2, 0.25) is 0 Å². The molecule has 3 heterocycles. The number of aryl methyl sites for hydroxylation is 1. The van der Waals surface area contributed by atoms with Crippen LogP contribution in [0.25, 0.3) is 11.0 Å². The van der Waals surface area contributed by atoms with E-state index in [0.29, 0.717) is 15.0 Å². The first-order chi connectivity index (χ1) is 14.2. The quantitative estimate of drug-likeness (QED) is 0.539. The van der Waals surface area contributed by atoms with Gasteiger partial charge in [-0.15, -0.1) is 11.3 Å². The van der Waals surface area contributed by atoms with Gasteiger partial charge < -0.3 is 9.30 Å². The fourth-order valence-electron chi connectivity index (χ4n) is 4.03. The average Bonchev–Trinajstić information content (AvgIpc) is 3.34. The lowest BCUT2D eigenvalue weighted by atomic mass is 9.94. The van der Waals surface area contributed by atoms with Crippen molar-refractivity contribution in [3.05, 3.63) is 41.0 Å². The zero-order valence-electron chi connectivity index (χ0n) is 18.1. The van der Waals surface area contributed by atoms with Crippen molar-refractivity contribution in [3.8, 4) is 0 Å². The number of aromatic nitrogens is 2. The van der Waals surface area contributed by atoms with Gasteiger partial charge in [0.25, 0.3) is 0 Å². The van der Waals surface area contributed by atoms with E-state index in [2.05, 4.69) is 25.3 Å². The summed E-state index contributed by atoms with van der Waals surface area (Å²) in [5.41, 5.74) is 1.62. The van der Waals surface area contributed by atoms with Gasteiger partial charge in [0.15, 0.2) is 0 Å². The molecular formula is C23H30N2O3S2. The van der Waals surface area contributed by atoms with Crippen molar-refractivity contribution in [2.75, 3.05) is 13.2 Å². The molecule has 30 heavy (non-hydrogen) atoms. The zero-order chi connectivity index (χ0) is 21.5. The summed E-state index contributed by atoms with van der Waals surface area (Å²) in [7, 11) is -3.53. The Morgan fingerprint density at radius 2 is 1.90 bits per heavy atom. The molecule has 0 N–H and O–H groups in total. The van der Waals surface area contributed by atoms with E-state index in [1.807, 2.05) is 19.1 Å². The highest BCUT2D eigenvalue weighted by Gasteiger charge is 2.27. The molecule has 0 bridgehead atoms. The molecule has 0 amide bonds. The van der Waals surface area contributed by atoms with E-state index >= 15 is 0 Å². The number of ether oxygens (including phenoxy) is 1. The normalized spacial score (nSPS) is 16.4. The molecule has 162 valence electrons. The minimum Gasteiger partial charge on any atom is -0.381 e. The summed E-state index contributed by atoms with van der Waals surface area (Å²) in [6.07, 6.45) is 2.94. The number of benzene rings is 1. The van der Waals surface area contributed by atoms with Crippen LogP contribution in [0.1, 0.15) is 51.2 Å². The highest BCUT2D eigenvalue weighted by molar-refractivity contribution is 7.93. The average molecular weight is 447 g/mol. The maximum atomic E-state index is 13.2. The van der Waals surface area contributed by atoms with Crippen molar-refractivity contribution in [1.29, 1.82) is 0 Å². The highest BCUT2D eigenvalue weighted by atomic mass is 32.2. The second kappa shape index (κ2) is 8.09. The van der Waals surface area contributed by atoms with Crippen LogP contribution in [0.15, 0.2) is 39.4 Å². The standard InChI is InChI=1S/C23H30N2O3S2/c1-5-17-6-9-21(29-17)30(26,27)18-7-8-20-19(14-18)24-22(23(2,3)4)25(20)15-16-10-12-28-13-11-16/h6-9,14,16H,5,10-13,15H2,1-4H3. The molecule has 3 aromatic rings. The lowest BCUT2D eigenvalue weighted by molar-refractivity contribution is 0.0611. The van der Waals surface area contributed by atoms with Gasteiger partial charge in [-0.25, -0.2) is 13.4 Å². The van der Waals surface area contributed by atoms with Gasteiger partial charge in [-0.2, -0.15) is 0 Å². The highest BCUT2D eigenvalue weighted by Crippen LogP contribution is 2.33. The smallest absolute Gasteiger partial charge is 0.216 e. The van der Waals surface area contributed by atoms with E-state index in [4.69, 9.17) is 9.72 Å². The Balaban J connectivity index is 1.77. The number of hydrogen-bond donors (Lipinski definition) is 0. The van der Waals surface area contributed by atoms with Crippen LogP contribution in [0.4, 0.5) is 0 Å². The van der Waals surface area contributed by atoms with Crippen LogP contribution in [0.3, 0.4) is 0 Å². The number of hydrogen-bond acceptors (Lipinski definition) is 5. The van der Waals surface area contributed by atoms with E-state index in [1.54, 1.807) is 18.2 Å². The number of rotatable bonds is 5. The van der Waals surface area contributed by atoms with Crippen LogP contribution in [-0.4, -0.2) is 31.2 Å². The predicted octanol–water partition coefficient (Wildman–Crippen LogP) is 5.22. The van der Waals surface area contributed by atoms with Crippen molar-refractivity contribution in [1.82, 2.24) is 9.55 Å².